The van der Waals surface area contributed by atoms with Crippen molar-refractivity contribution in [1.29, 1.82) is 0 Å². The molecule has 2 aromatic rings. The first-order chi connectivity index (χ1) is 11.5. The lowest BCUT2D eigenvalue weighted by Gasteiger charge is -2.15. The van der Waals surface area contributed by atoms with Crippen LogP contribution in [0, 0.1) is 10.1 Å². The van der Waals surface area contributed by atoms with E-state index in [1.165, 1.54) is 6.07 Å². The van der Waals surface area contributed by atoms with Gasteiger partial charge in [-0.2, -0.15) is 0 Å². The third-order valence-electron chi connectivity index (χ3n) is 4.02. The average Bonchev–Trinajstić information content (AvgIpc) is 2.95. The molecule has 0 aliphatic carbocycles. The highest BCUT2D eigenvalue weighted by atomic mass is 79.9. The summed E-state index contributed by atoms with van der Waals surface area (Å²) in [6.45, 7) is 2.00. The molecule has 1 N–H and O–H groups in total. The number of nitrogens with one attached hydrogen (secondary N) is 1. The van der Waals surface area contributed by atoms with Crippen molar-refractivity contribution >= 4 is 44.2 Å². The smallest absolute Gasteiger partial charge is 0.312 e. The van der Waals surface area contributed by atoms with Gasteiger partial charge in [-0.3, -0.25) is 14.9 Å². The first kappa shape index (κ1) is 16.6. The maximum atomic E-state index is 11.6. The van der Waals surface area contributed by atoms with Crippen LogP contribution in [0.25, 0.3) is 10.9 Å². The van der Waals surface area contributed by atoms with Crippen molar-refractivity contribution in [3.63, 3.8) is 0 Å². The Hall–Kier alpha value is -2.22. The lowest BCUT2D eigenvalue weighted by Crippen LogP contribution is -2.27. The fourth-order valence-electron chi connectivity index (χ4n) is 2.82. The monoisotopic (exact) mass is 392 g/mol. The normalized spacial score (nSPS) is 14.4. The Bertz CT molecular complexity index is 796. The number of likely N-dealkylation sites (tertiary alicyclic amines) is 1. The van der Waals surface area contributed by atoms with Crippen molar-refractivity contribution in [3.8, 4) is 0 Å². The van der Waals surface area contributed by atoms with Gasteiger partial charge in [-0.25, -0.2) is 4.98 Å². The molecule has 1 aromatic heterocycles. The molecule has 7 nitrogen and oxygen atoms in total. The second kappa shape index (κ2) is 7.12. The van der Waals surface area contributed by atoms with E-state index in [-0.39, 0.29) is 17.4 Å². The molecule has 0 radical (unpaired) electrons. The molecule has 1 fully saturated rings. The van der Waals surface area contributed by atoms with Crippen molar-refractivity contribution in [1.82, 2.24) is 9.88 Å². The number of carbonyl (C=O) groups is 1. The van der Waals surface area contributed by atoms with Crippen molar-refractivity contribution < 1.29 is 9.72 Å². The van der Waals surface area contributed by atoms with E-state index in [0.717, 1.165) is 29.2 Å². The van der Waals surface area contributed by atoms with Crippen LogP contribution in [0.2, 0.25) is 0 Å². The number of anilines is 1. The number of carbonyl (C=O) groups excluding carboxylic acids is 1. The molecule has 24 heavy (non-hydrogen) atoms. The first-order valence-corrected chi connectivity index (χ1v) is 8.60. The molecule has 1 aliphatic rings. The summed E-state index contributed by atoms with van der Waals surface area (Å²) < 4.78 is 0.870. The van der Waals surface area contributed by atoms with E-state index in [1.807, 2.05) is 17.0 Å². The van der Waals surface area contributed by atoms with E-state index in [9.17, 15) is 14.9 Å². The zero-order chi connectivity index (χ0) is 17.1. The standard InChI is InChI=1S/C16H17BrN4O3/c17-12-5-4-11-9-14(21(23)24)16(19-13(11)10-12)18-6-2-8-20-7-1-3-15(20)22/h4-5,9-10H,1-3,6-8H2,(H,18,19). The van der Waals surface area contributed by atoms with E-state index in [4.69, 9.17) is 0 Å². The van der Waals surface area contributed by atoms with E-state index >= 15 is 0 Å². The molecule has 0 bridgehead atoms. The van der Waals surface area contributed by atoms with Crippen molar-refractivity contribution in [2.75, 3.05) is 25.0 Å². The number of rotatable bonds is 6. The summed E-state index contributed by atoms with van der Waals surface area (Å²) in [6.07, 6.45) is 2.26. The molecule has 1 aliphatic heterocycles. The van der Waals surface area contributed by atoms with Crippen molar-refractivity contribution in [2.24, 2.45) is 0 Å². The number of hydrogen-bond acceptors (Lipinski definition) is 5. The molecular formula is C16H17BrN4O3. The fourth-order valence-corrected chi connectivity index (χ4v) is 3.16. The molecule has 126 valence electrons. The average molecular weight is 393 g/mol. The number of benzene rings is 1. The largest absolute Gasteiger partial charge is 0.364 e. The van der Waals surface area contributed by atoms with Crippen LogP contribution in [-0.4, -0.2) is 40.3 Å². The number of halogens is 1. The molecule has 3 rings (SSSR count). The van der Waals surface area contributed by atoms with Gasteiger partial charge in [0, 0.05) is 42.0 Å². The number of hydrogen-bond donors (Lipinski definition) is 1. The lowest BCUT2D eigenvalue weighted by molar-refractivity contribution is -0.384. The number of pyridine rings is 1. The van der Waals surface area contributed by atoms with E-state index in [0.29, 0.717) is 25.0 Å². The van der Waals surface area contributed by atoms with Crippen LogP contribution in [0.4, 0.5) is 11.5 Å². The van der Waals surface area contributed by atoms with Gasteiger partial charge in [-0.15, -0.1) is 0 Å². The summed E-state index contributed by atoms with van der Waals surface area (Å²) >= 11 is 3.38. The molecule has 0 saturated carbocycles. The highest BCUT2D eigenvalue weighted by Crippen LogP contribution is 2.28. The Kier molecular flexibility index (Phi) is 4.94. The maximum absolute atomic E-state index is 11.6. The van der Waals surface area contributed by atoms with Gasteiger partial charge in [0.15, 0.2) is 0 Å². The second-order valence-electron chi connectivity index (χ2n) is 5.71. The SMILES string of the molecule is O=C1CCCN1CCCNc1nc2cc(Br)ccc2cc1[N+](=O)[O-]. The Balaban J connectivity index is 1.71. The highest BCUT2D eigenvalue weighted by molar-refractivity contribution is 9.10. The summed E-state index contributed by atoms with van der Waals surface area (Å²) in [5, 5.41) is 15.0. The van der Waals surface area contributed by atoms with Crippen LogP contribution in [0.3, 0.4) is 0 Å². The van der Waals surface area contributed by atoms with E-state index in [2.05, 4.69) is 26.2 Å². The van der Waals surface area contributed by atoms with E-state index in [1.54, 1.807) is 6.07 Å². The van der Waals surface area contributed by atoms with Crippen LogP contribution in [0.15, 0.2) is 28.7 Å². The maximum Gasteiger partial charge on any atom is 0.312 e. The van der Waals surface area contributed by atoms with Crippen LogP contribution in [0.1, 0.15) is 19.3 Å². The quantitative estimate of drug-likeness (QED) is 0.462. The predicted octanol–water partition coefficient (Wildman–Crippen LogP) is 3.33. The Morgan fingerprint density at radius 3 is 2.92 bits per heavy atom. The van der Waals surface area contributed by atoms with Gasteiger partial charge in [-0.05, 0) is 25.0 Å². The summed E-state index contributed by atoms with van der Waals surface area (Å²) in [4.78, 5) is 28.6. The summed E-state index contributed by atoms with van der Waals surface area (Å²) in [7, 11) is 0. The Morgan fingerprint density at radius 1 is 1.38 bits per heavy atom. The minimum Gasteiger partial charge on any atom is -0.364 e. The first-order valence-electron chi connectivity index (χ1n) is 7.81. The van der Waals surface area contributed by atoms with Crippen LogP contribution in [-0.2, 0) is 4.79 Å². The second-order valence-corrected chi connectivity index (χ2v) is 6.63. The molecule has 0 unspecified atom stereocenters. The predicted molar refractivity (Wildman–Crippen MR) is 95.0 cm³/mol. The van der Waals surface area contributed by atoms with Gasteiger partial charge < -0.3 is 10.2 Å². The fraction of sp³-hybridized carbons (Fsp3) is 0.375. The molecule has 1 saturated heterocycles. The number of nitro groups is 1. The topological polar surface area (TPSA) is 88.4 Å². The third-order valence-corrected chi connectivity index (χ3v) is 4.52. The van der Waals surface area contributed by atoms with Gasteiger partial charge in [0.2, 0.25) is 11.7 Å². The summed E-state index contributed by atoms with van der Waals surface area (Å²) in [5.74, 6) is 0.452. The highest BCUT2D eigenvalue weighted by Gasteiger charge is 2.20. The number of aromatic nitrogens is 1. The van der Waals surface area contributed by atoms with Crippen molar-refractivity contribution in [2.45, 2.75) is 19.3 Å². The molecule has 2 heterocycles. The van der Waals surface area contributed by atoms with Gasteiger partial charge in [0.05, 0.1) is 10.4 Å². The number of amides is 1. The van der Waals surface area contributed by atoms with Gasteiger partial charge in [0.25, 0.3) is 0 Å². The van der Waals surface area contributed by atoms with Crippen LogP contribution in [0.5, 0.6) is 0 Å². The van der Waals surface area contributed by atoms with Gasteiger partial charge >= 0.3 is 5.69 Å². The van der Waals surface area contributed by atoms with E-state index < -0.39 is 4.92 Å². The molecule has 0 spiro atoms. The molecule has 1 aromatic carbocycles. The summed E-state index contributed by atoms with van der Waals surface area (Å²) in [5.41, 5.74) is 0.647. The summed E-state index contributed by atoms with van der Waals surface area (Å²) in [6, 6.07) is 6.98. The minimum absolute atomic E-state index is 0.0397. The Labute approximate surface area is 147 Å². The number of fused-ring (bicyclic) bond motifs is 1. The van der Waals surface area contributed by atoms with Gasteiger partial charge in [0.1, 0.15) is 0 Å². The van der Waals surface area contributed by atoms with Crippen LogP contribution >= 0.6 is 15.9 Å². The zero-order valence-corrected chi connectivity index (χ0v) is 14.6. The molecular weight excluding hydrogens is 376 g/mol. The number of nitrogens with zero attached hydrogens (tertiary/aromatic N) is 3. The molecule has 1 amide bonds. The Morgan fingerprint density at radius 2 is 2.21 bits per heavy atom. The van der Waals surface area contributed by atoms with Crippen molar-refractivity contribution in [3.05, 3.63) is 38.9 Å². The zero-order valence-electron chi connectivity index (χ0n) is 13.0. The van der Waals surface area contributed by atoms with Gasteiger partial charge in [-0.1, -0.05) is 22.0 Å². The molecule has 0 atom stereocenters. The third kappa shape index (κ3) is 3.64. The van der Waals surface area contributed by atoms with Crippen LogP contribution < -0.4 is 5.32 Å². The lowest BCUT2D eigenvalue weighted by atomic mass is 10.2. The molecule has 8 heteroatoms. The minimum atomic E-state index is -0.430.